The average Bonchev–Trinajstić information content (AvgIpc) is 3.43. The van der Waals surface area contributed by atoms with E-state index in [2.05, 4.69) is 81.5 Å². The van der Waals surface area contributed by atoms with Crippen molar-refractivity contribution in [3.63, 3.8) is 0 Å². The Bertz CT molecular complexity index is 1380. The summed E-state index contributed by atoms with van der Waals surface area (Å²) in [5.41, 5.74) is 0. The highest BCUT2D eigenvalue weighted by atomic mass is 16.6. The van der Waals surface area contributed by atoms with Gasteiger partial charge in [-0.2, -0.15) is 0 Å². The van der Waals surface area contributed by atoms with E-state index in [0.29, 0.717) is 19.3 Å². The fourth-order valence-electron chi connectivity index (χ4n) is 9.85. The summed E-state index contributed by atoms with van der Waals surface area (Å²) >= 11 is 0. The van der Waals surface area contributed by atoms with E-state index in [1.54, 1.807) is 0 Å². The second kappa shape index (κ2) is 65.6. The molecule has 0 aliphatic carbocycles. The Kier molecular flexibility index (Phi) is 63.2. The molecule has 0 heterocycles. The molecule has 0 amide bonds. The minimum absolute atomic E-state index is 0.0762. The number of carbonyl (C=O) groups excluding carboxylic acids is 3. The molecule has 448 valence electrons. The maximum Gasteiger partial charge on any atom is 0.306 e. The molecule has 0 spiro atoms. The molecule has 0 bridgehead atoms. The third-order valence-corrected chi connectivity index (χ3v) is 15.0. The van der Waals surface area contributed by atoms with Crippen molar-refractivity contribution in [2.45, 2.75) is 361 Å². The highest BCUT2D eigenvalue weighted by Crippen LogP contribution is 2.17. The van der Waals surface area contributed by atoms with Crippen LogP contribution in [0.2, 0.25) is 0 Å². The molecule has 0 aromatic rings. The zero-order chi connectivity index (χ0) is 55.7. The standard InChI is InChI=1S/C71H128O6/c1-4-7-10-13-16-19-22-25-27-29-31-32-33-34-35-36-37-38-40-41-43-46-49-52-55-58-61-64-70(73)76-67-68(66-75-69(72)63-60-57-54-51-48-45-24-21-18-15-12-9-6-3)77-71(74)65-62-59-56-53-50-47-44-42-39-30-28-26-23-20-17-14-11-8-5-2/h21-22,24-26,28-29,31,33-34,68H,4-20,23,27,30,32,35-67H2,1-3H3/b24-21-,25-22-,28-26-,31-29-,34-33-. The molecular weight excluding hydrogens is 949 g/mol. The first-order chi connectivity index (χ1) is 38.0. The molecular formula is C71H128O6. The van der Waals surface area contributed by atoms with Crippen LogP contribution in [0.4, 0.5) is 0 Å². The van der Waals surface area contributed by atoms with Crippen LogP contribution in [0, 0.1) is 0 Å². The van der Waals surface area contributed by atoms with Crippen LogP contribution in [-0.4, -0.2) is 37.2 Å². The van der Waals surface area contributed by atoms with Crippen LogP contribution < -0.4 is 0 Å². The molecule has 0 radical (unpaired) electrons. The minimum atomic E-state index is -0.780. The van der Waals surface area contributed by atoms with Crippen LogP contribution >= 0.6 is 0 Å². The molecule has 1 atom stereocenters. The Balaban J connectivity index is 4.26. The zero-order valence-electron chi connectivity index (χ0n) is 51.5. The first kappa shape index (κ1) is 74.1. The van der Waals surface area contributed by atoms with Gasteiger partial charge in [-0.3, -0.25) is 14.4 Å². The van der Waals surface area contributed by atoms with Crippen molar-refractivity contribution >= 4 is 17.9 Å². The van der Waals surface area contributed by atoms with Gasteiger partial charge < -0.3 is 14.2 Å². The van der Waals surface area contributed by atoms with Gasteiger partial charge in [0.25, 0.3) is 0 Å². The predicted molar refractivity (Wildman–Crippen MR) is 335 cm³/mol. The van der Waals surface area contributed by atoms with Crippen LogP contribution in [0.3, 0.4) is 0 Å². The number of unbranched alkanes of at least 4 members (excludes halogenated alkanes) is 41. The summed E-state index contributed by atoms with van der Waals surface area (Å²) in [6, 6.07) is 0. The van der Waals surface area contributed by atoms with E-state index in [-0.39, 0.29) is 31.1 Å². The molecule has 0 N–H and O–H groups in total. The van der Waals surface area contributed by atoms with Crippen molar-refractivity contribution in [1.82, 2.24) is 0 Å². The summed E-state index contributed by atoms with van der Waals surface area (Å²) in [4.78, 5) is 38.3. The second-order valence-corrected chi connectivity index (χ2v) is 22.7. The van der Waals surface area contributed by atoms with Gasteiger partial charge in [0.1, 0.15) is 13.2 Å². The smallest absolute Gasteiger partial charge is 0.306 e. The van der Waals surface area contributed by atoms with E-state index in [0.717, 1.165) is 77.0 Å². The third-order valence-electron chi connectivity index (χ3n) is 15.0. The lowest BCUT2D eigenvalue weighted by molar-refractivity contribution is -0.167. The van der Waals surface area contributed by atoms with Crippen molar-refractivity contribution in [2.75, 3.05) is 13.2 Å². The summed E-state index contributed by atoms with van der Waals surface area (Å²) in [5, 5.41) is 0. The normalized spacial score (nSPS) is 12.4. The van der Waals surface area contributed by atoms with Crippen LogP contribution in [-0.2, 0) is 28.6 Å². The first-order valence-corrected chi connectivity index (χ1v) is 33.8. The number of rotatable bonds is 62. The van der Waals surface area contributed by atoms with Gasteiger partial charge in [-0.15, -0.1) is 0 Å². The summed E-state index contributed by atoms with van der Waals surface area (Å²) in [5.74, 6) is -0.870. The van der Waals surface area contributed by atoms with Gasteiger partial charge in [-0.05, 0) is 109 Å². The van der Waals surface area contributed by atoms with Gasteiger partial charge in [-0.25, -0.2) is 0 Å². The lowest BCUT2D eigenvalue weighted by Gasteiger charge is -2.18. The largest absolute Gasteiger partial charge is 0.462 e. The van der Waals surface area contributed by atoms with E-state index in [1.807, 2.05) is 0 Å². The number of ether oxygens (including phenoxy) is 3. The van der Waals surface area contributed by atoms with Gasteiger partial charge in [0, 0.05) is 19.3 Å². The fourth-order valence-corrected chi connectivity index (χ4v) is 9.85. The SMILES string of the molecule is CCCCCC/C=C\CCCCCCCC(=O)OCC(COC(=O)CCCCCCCCCCCCCC/C=C\C/C=C\C/C=C\CCCCCCC)OC(=O)CCCCCCCCCCC/C=C\CCCCCCCC. The van der Waals surface area contributed by atoms with Crippen LogP contribution in [0.5, 0.6) is 0 Å². The Morgan fingerprint density at radius 2 is 0.468 bits per heavy atom. The van der Waals surface area contributed by atoms with E-state index >= 15 is 0 Å². The molecule has 6 heteroatoms. The molecule has 0 aromatic heterocycles. The topological polar surface area (TPSA) is 78.9 Å². The van der Waals surface area contributed by atoms with Gasteiger partial charge in [-0.1, -0.05) is 287 Å². The van der Waals surface area contributed by atoms with Crippen molar-refractivity contribution < 1.29 is 28.6 Å². The molecule has 0 fully saturated rings. The fraction of sp³-hybridized carbons (Fsp3) is 0.817. The number of hydrogen-bond donors (Lipinski definition) is 0. The lowest BCUT2D eigenvalue weighted by atomic mass is 10.0. The monoisotopic (exact) mass is 1080 g/mol. The van der Waals surface area contributed by atoms with Gasteiger partial charge in [0.2, 0.25) is 0 Å². The highest BCUT2D eigenvalue weighted by molar-refractivity contribution is 5.71. The molecule has 0 saturated carbocycles. The molecule has 0 saturated heterocycles. The van der Waals surface area contributed by atoms with Gasteiger partial charge in [0.05, 0.1) is 0 Å². The Morgan fingerprint density at radius 3 is 0.753 bits per heavy atom. The van der Waals surface area contributed by atoms with E-state index in [4.69, 9.17) is 14.2 Å². The molecule has 6 nitrogen and oxygen atoms in total. The third kappa shape index (κ3) is 63.8. The Hall–Kier alpha value is -2.89. The molecule has 0 aliphatic heterocycles. The summed E-state index contributed by atoms with van der Waals surface area (Å²) in [6.07, 6.45) is 83.8. The molecule has 0 rings (SSSR count). The summed E-state index contributed by atoms with van der Waals surface area (Å²) in [7, 11) is 0. The average molecular weight is 1080 g/mol. The van der Waals surface area contributed by atoms with Crippen LogP contribution in [0.25, 0.3) is 0 Å². The number of hydrogen-bond acceptors (Lipinski definition) is 6. The van der Waals surface area contributed by atoms with Crippen LogP contribution in [0.1, 0.15) is 355 Å². The van der Waals surface area contributed by atoms with Crippen molar-refractivity contribution in [1.29, 1.82) is 0 Å². The molecule has 0 aliphatic rings. The van der Waals surface area contributed by atoms with Gasteiger partial charge >= 0.3 is 17.9 Å². The van der Waals surface area contributed by atoms with E-state index in [1.165, 1.54) is 238 Å². The summed E-state index contributed by atoms with van der Waals surface area (Å²) in [6.45, 7) is 6.65. The maximum atomic E-state index is 12.9. The molecule has 77 heavy (non-hydrogen) atoms. The Labute approximate surface area is 479 Å². The minimum Gasteiger partial charge on any atom is -0.462 e. The molecule has 0 aromatic carbocycles. The number of esters is 3. The number of carbonyl (C=O) groups is 3. The van der Waals surface area contributed by atoms with Crippen molar-refractivity contribution in [3.8, 4) is 0 Å². The maximum absolute atomic E-state index is 12.9. The quantitative estimate of drug-likeness (QED) is 0.0261. The van der Waals surface area contributed by atoms with E-state index < -0.39 is 6.10 Å². The predicted octanol–water partition coefficient (Wildman–Crippen LogP) is 23.1. The summed E-state index contributed by atoms with van der Waals surface area (Å²) < 4.78 is 16.9. The van der Waals surface area contributed by atoms with Gasteiger partial charge in [0.15, 0.2) is 6.10 Å². The lowest BCUT2D eigenvalue weighted by Crippen LogP contribution is -2.30. The van der Waals surface area contributed by atoms with Crippen LogP contribution in [0.15, 0.2) is 60.8 Å². The van der Waals surface area contributed by atoms with Crippen molar-refractivity contribution in [2.24, 2.45) is 0 Å². The first-order valence-electron chi connectivity index (χ1n) is 33.8. The Morgan fingerprint density at radius 1 is 0.260 bits per heavy atom. The highest BCUT2D eigenvalue weighted by Gasteiger charge is 2.19. The number of allylic oxidation sites excluding steroid dienone is 10. The second-order valence-electron chi connectivity index (χ2n) is 22.7. The molecule has 1 unspecified atom stereocenters. The van der Waals surface area contributed by atoms with Crippen molar-refractivity contribution in [3.05, 3.63) is 60.8 Å². The van der Waals surface area contributed by atoms with E-state index in [9.17, 15) is 14.4 Å². The zero-order valence-corrected chi connectivity index (χ0v) is 51.5.